The molecule has 3 aromatic carbocycles. The number of benzene rings is 3. The van der Waals surface area contributed by atoms with Crippen molar-refractivity contribution in [3.63, 3.8) is 0 Å². The predicted octanol–water partition coefficient (Wildman–Crippen LogP) is 1.69. The van der Waals surface area contributed by atoms with Crippen LogP contribution in [-0.4, -0.2) is 243 Å². The normalized spacial score (nSPS) is 14.4. The quantitative estimate of drug-likeness (QED) is 0.00866. The summed E-state index contributed by atoms with van der Waals surface area (Å²) in [5.74, 6) is -11.6. The van der Waals surface area contributed by atoms with Crippen molar-refractivity contribution >= 4 is 106 Å². The van der Waals surface area contributed by atoms with Gasteiger partial charge in [-0.1, -0.05) is 176 Å². The largest absolute Gasteiger partial charge is 0.480 e. The van der Waals surface area contributed by atoms with Gasteiger partial charge in [-0.25, -0.2) is 4.98 Å². The van der Waals surface area contributed by atoms with Gasteiger partial charge in [0.05, 0.1) is 37.8 Å². The molecule has 12 amide bonds. The first-order valence-electron chi connectivity index (χ1n) is 43.8. The number of carboxylic acids is 1. The number of imidazole rings is 1. The molecule has 0 saturated carbocycles. The van der Waals surface area contributed by atoms with Gasteiger partial charge in [0, 0.05) is 92.9 Å². The zero-order chi connectivity index (χ0) is 90.8. The fourth-order valence-corrected chi connectivity index (χ4v) is 15.3. The SMILES string of the molecule is CCCCCCCCCCCCCCCCNC(=O)CN(CC(N)=O)C(=O)CCCCCNC(=O)C(Cc1c[nH]c2ccccc12)NC(=O)C(CCCNC(N)N)NC(=O)C(CS)NC(=O)C(CCCNC(=N)N)NC(=O)CC1CCCN1C(=O)C(NC(=O)C(Cc1c[nH]cn1)NC(=O)C(NC(=O)CNCC(=O)O)C(C)O)C(c1ccccc1)c1ccccc1. The number of carbonyl (C=O) groups excluding carboxylic acids is 12. The van der Waals surface area contributed by atoms with Gasteiger partial charge in [-0.3, -0.25) is 78.4 Å². The number of aromatic amines is 2. The third kappa shape index (κ3) is 38.5. The summed E-state index contributed by atoms with van der Waals surface area (Å²) in [6, 6.07) is 14.2. The van der Waals surface area contributed by atoms with Crippen molar-refractivity contribution in [2.75, 3.05) is 64.7 Å². The summed E-state index contributed by atoms with van der Waals surface area (Å²) in [5.41, 5.74) is 25.7. The number of para-hydroxylation sites is 1. The summed E-state index contributed by atoms with van der Waals surface area (Å²) in [6.07, 6.45) is 20.4. The van der Waals surface area contributed by atoms with Crippen LogP contribution in [0.3, 0.4) is 0 Å². The fraction of sp³-hybridized carbons (Fsp3) is 0.575. The van der Waals surface area contributed by atoms with Gasteiger partial charge in [0.2, 0.25) is 70.9 Å². The highest BCUT2D eigenvalue weighted by molar-refractivity contribution is 7.80. The van der Waals surface area contributed by atoms with E-state index in [1.165, 1.54) is 88.6 Å². The standard InChI is InChI=1S/C87H134N22O15S/c1-3-4-5-6-7-8-9-10-11-12-13-14-15-26-41-95-73(114)54-108(53-70(88)111)74(115)40-23-18-27-42-96-79(118)67(46-60-49-99-64-37-25-24-36-63(60)64)103-81(120)66(39-29-44-98-87(91)92)102-83(122)69(55-125)105-80(119)65(38-28-43-97-86(89)90)101-71(112)48-62-35-30-45-109(62)85(124)78(76(58-31-19-16-20-32-58)59-33-21-17-22-34-59)107-82(121)68(47-61-50-94-56-100-61)104-84(123)77(57(2)110)106-72(113)51-93-52-75(116)117/h16-17,19-22,24-25,31-34,36-37,49-50,56-57,62,65-69,76-78,87,93,98-99,110,125H,3-15,18,23,26-30,35,38-48,51-55,91-92H2,1-2H3,(H2,88,111)(H,94,100)(H,95,114)(H,96,118)(H,101,112)(H,102,122)(H,103,120)(H,104,123)(H,105,119)(H,106,113)(H,107,121)(H,116,117)(H4,89,90,97). The van der Waals surface area contributed by atoms with Crippen LogP contribution in [-0.2, 0) is 75.2 Å². The lowest BCUT2D eigenvalue weighted by Crippen LogP contribution is -2.61. The number of likely N-dealkylation sites (tertiary alicyclic amines) is 1. The number of aliphatic hydroxyl groups is 1. The van der Waals surface area contributed by atoms with E-state index in [-0.39, 0.29) is 102 Å². The molecule has 37 nitrogen and oxygen atoms in total. The van der Waals surface area contributed by atoms with E-state index in [1.54, 1.807) is 66.9 Å². The molecule has 1 aliphatic rings. The molecule has 1 saturated heterocycles. The van der Waals surface area contributed by atoms with Gasteiger partial charge in [-0.2, -0.15) is 12.6 Å². The van der Waals surface area contributed by atoms with Crippen molar-refractivity contribution in [2.24, 2.45) is 22.9 Å². The van der Waals surface area contributed by atoms with E-state index in [1.807, 2.05) is 24.3 Å². The van der Waals surface area contributed by atoms with E-state index in [9.17, 15) is 57.8 Å². The highest BCUT2D eigenvalue weighted by Gasteiger charge is 2.43. The number of carbonyl (C=O) groups is 13. The maximum absolute atomic E-state index is 15.8. The van der Waals surface area contributed by atoms with E-state index in [0.29, 0.717) is 54.6 Å². The molecule has 0 radical (unpaired) electrons. The van der Waals surface area contributed by atoms with Crippen molar-refractivity contribution in [2.45, 2.75) is 254 Å². The number of thiol groups is 1. The minimum absolute atomic E-state index is 0.000192. The average molecular weight is 1760 g/mol. The Hall–Kier alpha value is -11.1. The van der Waals surface area contributed by atoms with Gasteiger partial charge >= 0.3 is 5.97 Å². The Kier molecular flexibility index (Phi) is 47.2. The predicted molar refractivity (Wildman–Crippen MR) is 477 cm³/mol. The zero-order valence-corrected chi connectivity index (χ0v) is 73.0. The number of nitrogens with zero attached hydrogens (tertiary/aromatic N) is 3. The first-order chi connectivity index (χ1) is 60.2. The molecule has 688 valence electrons. The van der Waals surface area contributed by atoms with E-state index < -0.39 is 163 Å². The van der Waals surface area contributed by atoms with E-state index in [2.05, 4.69) is 98.3 Å². The maximum atomic E-state index is 15.8. The number of rotatable bonds is 63. The molecule has 6 rings (SSSR count). The second-order valence-corrected chi connectivity index (χ2v) is 32.2. The Bertz CT molecular complexity index is 4140. The van der Waals surface area contributed by atoms with Gasteiger partial charge in [0.15, 0.2) is 5.96 Å². The lowest BCUT2D eigenvalue weighted by atomic mass is 9.84. The van der Waals surface area contributed by atoms with E-state index in [0.717, 1.165) is 41.5 Å². The highest BCUT2D eigenvalue weighted by atomic mass is 32.1. The lowest BCUT2D eigenvalue weighted by molar-refractivity contribution is -0.140. The summed E-state index contributed by atoms with van der Waals surface area (Å²) >= 11 is 4.46. The van der Waals surface area contributed by atoms with Crippen molar-refractivity contribution in [3.8, 4) is 0 Å². The number of nitrogens with two attached hydrogens (primary N) is 4. The van der Waals surface area contributed by atoms with Gasteiger partial charge in [-0.15, -0.1) is 0 Å². The number of hydrogen-bond acceptors (Lipinski definition) is 21. The molecule has 1 fully saturated rings. The number of H-pyrrole nitrogens is 2. The molecule has 9 unspecified atom stereocenters. The smallest absolute Gasteiger partial charge is 0.317 e. The summed E-state index contributed by atoms with van der Waals surface area (Å²) < 4.78 is 0. The minimum atomic E-state index is -1.65. The fourth-order valence-electron chi connectivity index (χ4n) is 15.1. The Morgan fingerprint density at radius 1 is 0.568 bits per heavy atom. The summed E-state index contributed by atoms with van der Waals surface area (Å²) in [5, 5.41) is 61.2. The number of guanidine groups is 1. The lowest BCUT2D eigenvalue weighted by Gasteiger charge is -2.35. The van der Waals surface area contributed by atoms with Crippen LogP contribution < -0.4 is 86.7 Å². The van der Waals surface area contributed by atoms with E-state index >= 15 is 9.59 Å². The first-order valence-corrected chi connectivity index (χ1v) is 44.5. The summed E-state index contributed by atoms with van der Waals surface area (Å²) in [7, 11) is 0. The van der Waals surface area contributed by atoms with Gasteiger partial charge in [0.1, 0.15) is 55.1 Å². The van der Waals surface area contributed by atoms with Crippen molar-refractivity contribution in [1.29, 1.82) is 5.41 Å². The topological polar surface area (TPSA) is 586 Å². The third-order valence-corrected chi connectivity index (χ3v) is 22.0. The highest BCUT2D eigenvalue weighted by Crippen LogP contribution is 2.32. The van der Waals surface area contributed by atoms with Gasteiger partial charge in [-0.05, 0) is 94.0 Å². The number of aliphatic carboxylic acids is 1. The molecular formula is C87H134N22O15S. The van der Waals surface area contributed by atoms with Gasteiger partial charge < -0.3 is 106 Å². The molecule has 25 N–H and O–H groups in total. The van der Waals surface area contributed by atoms with E-state index in [4.69, 9.17) is 33.5 Å². The molecule has 0 bridgehead atoms. The Morgan fingerprint density at radius 3 is 1.70 bits per heavy atom. The monoisotopic (exact) mass is 1760 g/mol. The molecule has 0 aliphatic carbocycles. The number of aromatic nitrogens is 3. The van der Waals surface area contributed by atoms with Crippen LogP contribution in [0.5, 0.6) is 0 Å². The summed E-state index contributed by atoms with van der Waals surface area (Å²) in [4.78, 5) is 194. The van der Waals surface area contributed by atoms with Crippen molar-refractivity contribution in [3.05, 3.63) is 126 Å². The average Bonchev–Trinajstić information content (AvgIpc) is 1.77. The Morgan fingerprint density at radius 2 is 1.11 bits per heavy atom. The number of aliphatic hydroxyl groups excluding tert-OH is 1. The summed E-state index contributed by atoms with van der Waals surface area (Å²) in [6.45, 7) is 2.53. The van der Waals surface area contributed by atoms with Crippen LogP contribution >= 0.6 is 12.6 Å². The number of nitrogens with one attached hydrogen (secondary N) is 15. The van der Waals surface area contributed by atoms with Crippen molar-refractivity contribution in [1.82, 2.24) is 88.6 Å². The van der Waals surface area contributed by atoms with Crippen LogP contribution in [0.15, 0.2) is 104 Å². The minimum Gasteiger partial charge on any atom is -0.480 e. The first kappa shape index (κ1) is 103. The van der Waals surface area contributed by atoms with Crippen LogP contribution in [0.4, 0.5) is 0 Å². The molecular weight excluding hydrogens is 1630 g/mol. The number of hydrogen-bond donors (Lipinski definition) is 22. The molecule has 0 spiro atoms. The van der Waals surface area contributed by atoms with Crippen LogP contribution in [0, 0.1) is 5.41 Å². The Labute approximate surface area is 736 Å². The second kappa shape index (κ2) is 57.5. The Balaban J connectivity index is 1.13. The number of fused-ring (bicyclic) bond motifs is 1. The van der Waals surface area contributed by atoms with Crippen LogP contribution in [0.1, 0.15) is 203 Å². The van der Waals surface area contributed by atoms with Crippen molar-refractivity contribution < 1.29 is 72.5 Å². The molecule has 125 heavy (non-hydrogen) atoms. The molecule has 5 aromatic rings. The zero-order valence-electron chi connectivity index (χ0n) is 72.1. The molecule has 9 atom stereocenters. The van der Waals surface area contributed by atoms with Crippen LogP contribution in [0.25, 0.3) is 10.9 Å². The number of primary amides is 1. The maximum Gasteiger partial charge on any atom is 0.317 e. The second-order valence-electron chi connectivity index (χ2n) is 31.8. The number of carboxylic acid groups (broad SMARTS) is 1. The number of unbranched alkanes of at least 4 members (excludes halogenated alkanes) is 15. The molecule has 38 heteroatoms. The van der Waals surface area contributed by atoms with Crippen LogP contribution in [0.2, 0.25) is 0 Å². The van der Waals surface area contributed by atoms with Gasteiger partial charge in [0.25, 0.3) is 0 Å². The molecule has 1 aliphatic heterocycles. The third-order valence-electron chi connectivity index (χ3n) is 21.7. The molecule has 2 aromatic heterocycles. The number of amides is 12. The molecule has 3 heterocycles.